The second-order valence-corrected chi connectivity index (χ2v) is 3.15. The molecule has 1 amide bonds. The maximum Gasteiger partial charge on any atom is 0.316 e. The number of aromatic nitrogens is 2. The minimum atomic E-state index is -0.480. The summed E-state index contributed by atoms with van der Waals surface area (Å²) in [6.07, 6.45) is 0. The number of benzene rings is 1. The van der Waals surface area contributed by atoms with E-state index in [0.29, 0.717) is 11.5 Å². The van der Waals surface area contributed by atoms with Gasteiger partial charge in [-0.05, 0) is 31.2 Å². The third-order valence-electron chi connectivity index (χ3n) is 1.85. The van der Waals surface area contributed by atoms with Gasteiger partial charge in [-0.15, -0.1) is 0 Å². The number of phenols is 1. The van der Waals surface area contributed by atoms with Crippen molar-refractivity contribution in [1.82, 2.24) is 10.1 Å². The molecule has 0 atom stereocenters. The lowest BCUT2D eigenvalue weighted by Crippen LogP contribution is -2.12. The molecule has 0 bridgehead atoms. The normalized spacial score (nSPS) is 10.1. The molecule has 2 N–H and O–H groups in total. The lowest BCUT2D eigenvalue weighted by Gasteiger charge is -2.01. The first-order valence-electron chi connectivity index (χ1n) is 4.56. The van der Waals surface area contributed by atoms with Gasteiger partial charge in [0, 0.05) is 5.69 Å². The van der Waals surface area contributed by atoms with Crippen LogP contribution in [0.1, 0.15) is 16.5 Å². The number of nitrogens with zero attached hydrogens (tertiary/aromatic N) is 2. The molecule has 0 saturated heterocycles. The van der Waals surface area contributed by atoms with E-state index in [-0.39, 0.29) is 11.6 Å². The van der Waals surface area contributed by atoms with Crippen LogP contribution < -0.4 is 5.32 Å². The van der Waals surface area contributed by atoms with Crippen molar-refractivity contribution in [3.05, 3.63) is 36.0 Å². The van der Waals surface area contributed by atoms with Crippen LogP contribution in [0.3, 0.4) is 0 Å². The first-order valence-corrected chi connectivity index (χ1v) is 4.56. The predicted molar refractivity (Wildman–Crippen MR) is 55.1 cm³/mol. The van der Waals surface area contributed by atoms with E-state index in [9.17, 15) is 4.79 Å². The fourth-order valence-electron chi connectivity index (χ4n) is 1.12. The Balaban J connectivity index is 2.10. The molecule has 0 unspecified atom stereocenters. The molecular formula is C10H9N3O3. The number of anilines is 1. The minimum absolute atomic E-state index is 0.0921. The highest BCUT2D eigenvalue weighted by molar-refractivity contribution is 6.00. The SMILES string of the molecule is Cc1noc(C(=O)Nc2ccc(O)cc2)n1. The van der Waals surface area contributed by atoms with E-state index in [1.54, 1.807) is 19.1 Å². The summed E-state index contributed by atoms with van der Waals surface area (Å²) >= 11 is 0. The average molecular weight is 219 g/mol. The smallest absolute Gasteiger partial charge is 0.316 e. The van der Waals surface area contributed by atoms with Gasteiger partial charge in [-0.25, -0.2) is 0 Å². The van der Waals surface area contributed by atoms with Crippen LogP contribution >= 0.6 is 0 Å². The summed E-state index contributed by atoms with van der Waals surface area (Å²) in [4.78, 5) is 15.3. The Bertz CT molecular complexity index is 504. The predicted octanol–water partition coefficient (Wildman–Crippen LogP) is 1.34. The zero-order chi connectivity index (χ0) is 11.5. The van der Waals surface area contributed by atoms with Gasteiger partial charge in [0.05, 0.1) is 0 Å². The van der Waals surface area contributed by atoms with Crippen molar-refractivity contribution < 1.29 is 14.4 Å². The van der Waals surface area contributed by atoms with Crippen LogP contribution in [0, 0.1) is 6.92 Å². The Morgan fingerprint density at radius 1 is 1.38 bits per heavy atom. The Labute approximate surface area is 90.9 Å². The molecule has 1 aromatic carbocycles. The van der Waals surface area contributed by atoms with Crippen molar-refractivity contribution in [3.8, 4) is 5.75 Å². The van der Waals surface area contributed by atoms with Crippen LogP contribution in [0.4, 0.5) is 5.69 Å². The van der Waals surface area contributed by atoms with Crippen LogP contribution in [-0.2, 0) is 0 Å². The Kier molecular flexibility index (Phi) is 2.55. The summed E-state index contributed by atoms with van der Waals surface area (Å²) in [5, 5.41) is 15.1. The fourth-order valence-corrected chi connectivity index (χ4v) is 1.12. The molecule has 0 radical (unpaired) electrons. The zero-order valence-corrected chi connectivity index (χ0v) is 8.47. The summed E-state index contributed by atoms with van der Waals surface area (Å²) in [7, 11) is 0. The number of hydrogen-bond acceptors (Lipinski definition) is 5. The number of aromatic hydroxyl groups is 1. The van der Waals surface area contributed by atoms with Gasteiger partial charge in [-0.2, -0.15) is 4.98 Å². The molecule has 2 rings (SSSR count). The second kappa shape index (κ2) is 4.01. The average Bonchev–Trinajstić information content (AvgIpc) is 2.68. The van der Waals surface area contributed by atoms with E-state index < -0.39 is 5.91 Å². The number of carbonyl (C=O) groups is 1. The molecule has 1 aromatic heterocycles. The van der Waals surface area contributed by atoms with Crippen molar-refractivity contribution in [2.75, 3.05) is 5.32 Å². The monoisotopic (exact) mass is 219 g/mol. The molecular weight excluding hydrogens is 210 g/mol. The van der Waals surface area contributed by atoms with Gasteiger partial charge < -0.3 is 14.9 Å². The summed E-state index contributed by atoms with van der Waals surface area (Å²) in [5.74, 6) is -0.0423. The van der Waals surface area contributed by atoms with Crippen LogP contribution in [-0.4, -0.2) is 21.2 Å². The van der Waals surface area contributed by atoms with Crippen LogP contribution in [0.25, 0.3) is 0 Å². The minimum Gasteiger partial charge on any atom is -0.508 e. The number of aryl methyl sites for hydroxylation is 1. The zero-order valence-electron chi connectivity index (χ0n) is 8.47. The van der Waals surface area contributed by atoms with Crippen molar-refractivity contribution in [2.45, 2.75) is 6.92 Å². The van der Waals surface area contributed by atoms with Crippen LogP contribution in [0.5, 0.6) is 5.75 Å². The van der Waals surface area contributed by atoms with E-state index in [0.717, 1.165) is 0 Å². The van der Waals surface area contributed by atoms with E-state index >= 15 is 0 Å². The summed E-state index contributed by atoms with van der Waals surface area (Å²) in [6, 6.07) is 6.07. The first kappa shape index (κ1) is 10.2. The topological polar surface area (TPSA) is 88.2 Å². The van der Waals surface area contributed by atoms with E-state index in [4.69, 9.17) is 9.63 Å². The standard InChI is InChI=1S/C10H9N3O3/c1-6-11-10(16-13-6)9(15)12-7-2-4-8(14)5-3-7/h2-5,14H,1H3,(H,12,15). The summed E-state index contributed by atoms with van der Waals surface area (Å²) in [5.41, 5.74) is 0.540. The Morgan fingerprint density at radius 2 is 2.06 bits per heavy atom. The van der Waals surface area contributed by atoms with Crippen molar-refractivity contribution in [1.29, 1.82) is 0 Å². The highest BCUT2D eigenvalue weighted by Gasteiger charge is 2.13. The molecule has 0 spiro atoms. The molecule has 2 aromatic rings. The van der Waals surface area contributed by atoms with Crippen LogP contribution in [0.15, 0.2) is 28.8 Å². The fraction of sp³-hybridized carbons (Fsp3) is 0.100. The van der Waals surface area contributed by atoms with Gasteiger partial charge in [0.15, 0.2) is 5.82 Å². The molecule has 0 aliphatic carbocycles. The maximum absolute atomic E-state index is 11.5. The molecule has 16 heavy (non-hydrogen) atoms. The summed E-state index contributed by atoms with van der Waals surface area (Å²) in [6.45, 7) is 1.63. The quantitative estimate of drug-likeness (QED) is 0.744. The highest BCUT2D eigenvalue weighted by Crippen LogP contribution is 2.14. The Hall–Kier alpha value is -2.37. The van der Waals surface area contributed by atoms with E-state index in [2.05, 4.69) is 15.5 Å². The van der Waals surface area contributed by atoms with E-state index in [1.807, 2.05) is 0 Å². The van der Waals surface area contributed by atoms with Crippen molar-refractivity contribution in [2.24, 2.45) is 0 Å². The third kappa shape index (κ3) is 2.17. The third-order valence-corrected chi connectivity index (χ3v) is 1.85. The molecule has 1 heterocycles. The number of phenolic OH excluding ortho intramolecular Hbond substituents is 1. The van der Waals surface area contributed by atoms with Gasteiger partial charge in [-0.1, -0.05) is 5.16 Å². The Morgan fingerprint density at radius 3 is 2.62 bits per heavy atom. The van der Waals surface area contributed by atoms with E-state index in [1.165, 1.54) is 12.1 Å². The molecule has 0 aliphatic heterocycles. The number of carbonyl (C=O) groups excluding carboxylic acids is 1. The molecule has 6 nitrogen and oxygen atoms in total. The van der Waals surface area contributed by atoms with Gasteiger partial charge in [0.25, 0.3) is 0 Å². The first-order chi connectivity index (χ1) is 7.65. The molecule has 0 aliphatic rings. The van der Waals surface area contributed by atoms with Gasteiger partial charge in [-0.3, -0.25) is 4.79 Å². The van der Waals surface area contributed by atoms with Gasteiger partial charge in [0.2, 0.25) is 0 Å². The second-order valence-electron chi connectivity index (χ2n) is 3.15. The number of amides is 1. The number of nitrogens with one attached hydrogen (secondary N) is 1. The lowest BCUT2D eigenvalue weighted by atomic mass is 10.3. The molecule has 0 saturated carbocycles. The number of rotatable bonds is 2. The lowest BCUT2D eigenvalue weighted by molar-refractivity contribution is 0.0981. The summed E-state index contributed by atoms with van der Waals surface area (Å²) < 4.78 is 4.70. The van der Waals surface area contributed by atoms with Crippen molar-refractivity contribution >= 4 is 11.6 Å². The van der Waals surface area contributed by atoms with Gasteiger partial charge in [0.1, 0.15) is 5.75 Å². The molecule has 6 heteroatoms. The van der Waals surface area contributed by atoms with Gasteiger partial charge >= 0.3 is 11.8 Å². The van der Waals surface area contributed by atoms with Crippen molar-refractivity contribution in [3.63, 3.8) is 0 Å². The highest BCUT2D eigenvalue weighted by atomic mass is 16.5. The number of hydrogen-bond donors (Lipinski definition) is 2. The molecule has 0 fully saturated rings. The maximum atomic E-state index is 11.5. The largest absolute Gasteiger partial charge is 0.508 e. The van der Waals surface area contributed by atoms with Crippen LogP contribution in [0.2, 0.25) is 0 Å². The molecule has 82 valence electrons.